The summed E-state index contributed by atoms with van der Waals surface area (Å²) in [5, 5.41) is 14.3. The van der Waals surface area contributed by atoms with Crippen molar-refractivity contribution in [3.05, 3.63) is 89.4 Å². The first-order valence-electron chi connectivity index (χ1n) is 12.9. The topological polar surface area (TPSA) is 118 Å². The van der Waals surface area contributed by atoms with Gasteiger partial charge in [-0.3, -0.25) is 15.1 Å². The third kappa shape index (κ3) is 4.21. The van der Waals surface area contributed by atoms with Crippen LogP contribution in [0.15, 0.2) is 72.3 Å². The third-order valence-electron chi connectivity index (χ3n) is 8.85. The zero-order valence-electron chi connectivity index (χ0n) is 22.5. The molecule has 212 valence electrons. The number of amides is 1. The van der Waals surface area contributed by atoms with E-state index in [1.807, 2.05) is 35.2 Å². The lowest BCUT2D eigenvalue weighted by Gasteiger charge is -2.60. The first kappa shape index (κ1) is 27.9. The minimum absolute atomic E-state index is 0.0178. The molecule has 12 heteroatoms. The van der Waals surface area contributed by atoms with Gasteiger partial charge in [-0.05, 0) is 43.2 Å². The van der Waals surface area contributed by atoms with Crippen LogP contribution in [0.5, 0.6) is 0 Å². The Morgan fingerprint density at radius 2 is 1.88 bits per heavy atom. The molecule has 2 aromatic rings. The van der Waals surface area contributed by atoms with Crippen LogP contribution >= 0.6 is 0 Å². The van der Waals surface area contributed by atoms with Crippen molar-refractivity contribution in [2.75, 3.05) is 20.1 Å². The van der Waals surface area contributed by atoms with Crippen LogP contribution in [-0.2, 0) is 16.6 Å². The van der Waals surface area contributed by atoms with E-state index in [0.29, 0.717) is 18.8 Å². The molecule has 40 heavy (non-hydrogen) atoms. The minimum Gasteiger partial charge on any atom is -0.348 e. The van der Waals surface area contributed by atoms with Crippen LogP contribution in [0.25, 0.3) is 0 Å². The van der Waals surface area contributed by atoms with Crippen LogP contribution in [0.4, 0.5) is 8.78 Å². The average molecular weight is 571 g/mol. The Kier molecular flexibility index (Phi) is 6.82. The van der Waals surface area contributed by atoms with Crippen LogP contribution in [0.3, 0.4) is 0 Å². The molecule has 2 saturated heterocycles. The molecule has 3 aliphatic rings. The Labute approximate surface area is 232 Å². The summed E-state index contributed by atoms with van der Waals surface area (Å²) in [4.78, 5) is 18.7. The van der Waals surface area contributed by atoms with Crippen LogP contribution in [-0.4, -0.2) is 64.9 Å². The van der Waals surface area contributed by atoms with Gasteiger partial charge in [0.1, 0.15) is 22.1 Å². The van der Waals surface area contributed by atoms with Crippen molar-refractivity contribution in [1.82, 2.24) is 24.8 Å². The van der Waals surface area contributed by atoms with Gasteiger partial charge in [0.05, 0.1) is 11.7 Å². The Morgan fingerprint density at radius 3 is 2.55 bits per heavy atom. The molecular formula is C28H32F2N6O3S. The molecule has 0 radical (unpaired) electrons. The Morgan fingerprint density at radius 1 is 1.15 bits per heavy atom. The highest BCUT2D eigenvalue weighted by Crippen LogP contribution is 2.57. The summed E-state index contributed by atoms with van der Waals surface area (Å²) < 4.78 is 57.1. The molecule has 1 amide bonds. The second kappa shape index (κ2) is 9.77. The number of allylic oxidation sites excluding steroid dienone is 3. The van der Waals surface area contributed by atoms with Gasteiger partial charge in [-0.1, -0.05) is 37.3 Å². The Balaban J connectivity index is 1.51. The number of pyridine rings is 1. The van der Waals surface area contributed by atoms with E-state index in [9.17, 15) is 17.6 Å². The van der Waals surface area contributed by atoms with Crippen LogP contribution in [0.2, 0.25) is 0 Å². The van der Waals surface area contributed by atoms with Crippen LogP contribution < -0.4 is 10.6 Å². The van der Waals surface area contributed by atoms with Crippen molar-refractivity contribution in [1.29, 1.82) is 5.41 Å². The van der Waals surface area contributed by atoms with Crippen molar-refractivity contribution in [2.24, 2.45) is 5.41 Å². The van der Waals surface area contributed by atoms with Gasteiger partial charge in [-0.15, -0.1) is 0 Å². The smallest absolute Gasteiger partial charge is 0.274 e. The molecule has 0 bridgehead atoms. The zero-order chi connectivity index (χ0) is 28.9. The number of benzene rings is 1. The maximum absolute atomic E-state index is 16.0. The van der Waals surface area contributed by atoms with E-state index in [-0.39, 0.29) is 31.0 Å². The monoisotopic (exact) mass is 570 g/mol. The fourth-order valence-corrected chi connectivity index (χ4v) is 8.56. The van der Waals surface area contributed by atoms with E-state index in [1.54, 1.807) is 13.8 Å². The standard InChI is InChI=1S/C28H32F2N6O3S/c1-26(15-21(10-12-23(26)30)33-24(37)22-11-9-20(29)16-32-22)27(2)28(40(38,39)35(3)25(31)34-27)13-14-36(18-28)17-19-7-5-4-6-8-19/h4-12,16H,13-15,17-18H2,1-3H3,(H2,31,34)(H,33,37)/t26?,27-,28?/m1/s1. The number of carbonyl (C=O) groups is 1. The first-order valence-corrected chi connectivity index (χ1v) is 14.4. The van der Waals surface area contributed by atoms with E-state index < -0.39 is 43.3 Å². The molecule has 3 heterocycles. The molecule has 1 aromatic carbocycles. The van der Waals surface area contributed by atoms with Crippen molar-refractivity contribution < 1.29 is 22.0 Å². The van der Waals surface area contributed by atoms with Crippen molar-refractivity contribution in [3.8, 4) is 0 Å². The summed E-state index contributed by atoms with van der Waals surface area (Å²) in [5.41, 5.74) is -1.59. The zero-order valence-corrected chi connectivity index (χ0v) is 23.4. The normalized spacial score (nSPS) is 30.0. The molecular weight excluding hydrogens is 538 g/mol. The number of nitrogens with one attached hydrogen (secondary N) is 3. The molecule has 1 aromatic heterocycles. The predicted octanol–water partition coefficient (Wildman–Crippen LogP) is 3.30. The second-order valence-corrected chi connectivity index (χ2v) is 13.3. The van der Waals surface area contributed by atoms with Gasteiger partial charge in [-0.2, -0.15) is 0 Å². The SMILES string of the molecule is CN1C(=N)N[C@](C)(C2(C)CC(NC(=O)c3ccc(F)cn3)=CC=C2F)C2(CCN(Cc3ccccc3)C2)S1(=O)=O. The number of likely N-dealkylation sites (tertiary alicyclic amines) is 1. The van der Waals surface area contributed by atoms with Gasteiger partial charge >= 0.3 is 0 Å². The van der Waals surface area contributed by atoms with Gasteiger partial charge in [0.15, 0.2) is 0 Å². The van der Waals surface area contributed by atoms with E-state index in [1.165, 1.54) is 25.3 Å². The lowest BCUT2D eigenvalue weighted by atomic mass is 9.60. The van der Waals surface area contributed by atoms with Gasteiger partial charge in [0.2, 0.25) is 16.0 Å². The fourth-order valence-electron chi connectivity index (χ4n) is 6.27. The third-order valence-corrected chi connectivity index (χ3v) is 11.5. The highest BCUT2D eigenvalue weighted by atomic mass is 32.2. The summed E-state index contributed by atoms with van der Waals surface area (Å²) >= 11 is 0. The predicted molar refractivity (Wildman–Crippen MR) is 147 cm³/mol. The van der Waals surface area contributed by atoms with Crippen molar-refractivity contribution >= 4 is 21.9 Å². The molecule has 3 N–H and O–H groups in total. The van der Waals surface area contributed by atoms with Crippen LogP contribution in [0.1, 0.15) is 42.7 Å². The Bertz CT molecular complexity index is 1510. The maximum atomic E-state index is 16.0. The van der Waals surface area contributed by atoms with E-state index in [4.69, 9.17) is 5.41 Å². The van der Waals surface area contributed by atoms with E-state index in [0.717, 1.165) is 22.1 Å². The van der Waals surface area contributed by atoms with E-state index >= 15 is 4.39 Å². The number of hydrogen-bond acceptors (Lipinski definition) is 6. The molecule has 0 saturated carbocycles. The summed E-state index contributed by atoms with van der Waals surface area (Å²) in [7, 11) is -2.79. The minimum atomic E-state index is -4.12. The summed E-state index contributed by atoms with van der Waals surface area (Å²) in [5.74, 6) is -2.09. The molecule has 1 aliphatic carbocycles. The second-order valence-electron chi connectivity index (χ2n) is 11.0. The number of carbonyl (C=O) groups excluding carboxylic acids is 1. The van der Waals surface area contributed by atoms with Crippen molar-refractivity contribution in [2.45, 2.75) is 43.5 Å². The Hall–Kier alpha value is -3.64. The summed E-state index contributed by atoms with van der Waals surface area (Å²) in [6.45, 7) is 4.40. The molecule has 1 spiro atoms. The fraction of sp³-hybridized carbons (Fsp3) is 0.393. The van der Waals surface area contributed by atoms with Crippen molar-refractivity contribution in [3.63, 3.8) is 0 Å². The quantitative estimate of drug-likeness (QED) is 0.508. The molecule has 2 fully saturated rings. The number of hydrogen-bond donors (Lipinski definition) is 3. The number of guanidine groups is 1. The van der Waals surface area contributed by atoms with Gasteiger partial charge < -0.3 is 10.6 Å². The molecule has 5 rings (SSSR count). The first-order chi connectivity index (χ1) is 18.8. The number of rotatable bonds is 5. The van der Waals surface area contributed by atoms with Gasteiger partial charge in [0, 0.05) is 44.2 Å². The largest absolute Gasteiger partial charge is 0.348 e. The number of aromatic nitrogens is 1. The molecule has 9 nitrogen and oxygen atoms in total. The molecule has 3 atom stereocenters. The van der Waals surface area contributed by atoms with Gasteiger partial charge in [0.25, 0.3) is 5.91 Å². The average Bonchev–Trinajstić information content (AvgIpc) is 3.36. The van der Waals surface area contributed by atoms with Crippen LogP contribution in [0, 0.1) is 16.6 Å². The molecule has 2 aliphatic heterocycles. The lowest BCUT2D eigenvalue weighted by Crippen LogP contribution is -2.80. The summed E-state index contributed by atoms with van der Waals surface area (Å²) in [6.07, 6.45) is 3.75. The molecule has 2 unspecified atom stereocenters. The van der Waals surface area contributed by atoms with E-state index in [2.05, 4.69) is 15.6 Å². The van der Waals surface area contributed by atoms with Gasteiger partial charge in [-0.25, -0.2) is 26.5 Å². The number of nitrogens with zero attached hydrogens (tertiary/aromatic N) is 3. The lowest BCUT2D eigenvalue weighted by molar-refractivity contribution is 0.0811. The highest BCUT2D eigenvalue weighted by Gasteiger charge is 2.71. The number of sulfonamides is 1. The highest BCUT2D eigenvalue weighted by molar-refractivity contribution is 7.91. The summed E-state index contributed by atoms with van der Waals surface area (Å²) in [6, 6.07) is 12.1. The maximum Gasteiger partial charge on any atom is 0.274 e. The number of halogens is 2.